The number of benzene rings is 1. The second-order valence-corrected chi connectivity index (χ2v) is 9.40. The molecule has 7 heteroatoms. The molecule has 6 nitrogen and oxygen atoms in total. The number of pyridine rings is 1. The van der Waals surface area contributed by atoms with Gasteiger partial charge in [-0.1, -0.05) is 19.9 Å². The summed E-state index contributed by atoms with van der Waals surface area (Å²) >= 11 is 0. The molecule has 1 N–H and O–H groups in total. The Balaban J connectivity index is 1.76. The molecule has 1 aliphatic rings. The molecule has 0 atom stereocenters. The first kappa shape index (κ1) is 21.5. The predicted molar refractivity (Wildman–Crippen MR) is 113 cm³/mol. The highest BCUT2D eigenvalue weighted by Gasteiger charge is 2.24. The maximum atomic E-state index is 12.9. The maximum Gasteiger partial charge on any atom is 0.290 e. The molecule has 0 bridgehead atoms. The van der Waals surface area contributed by atoms with E-state index in [1.54, 1.807) is 25.1 Å². The maximum absolute atomic E-state index is 12.9. The Morgan fingerprint density at radius 3 is 2.48 bits per heavy atom. The second-order valence-electron chi connectivity index (χ2n) is 7.49. The first-order valence-electron chi connectivity index (χ1n) is 10.3. The molecule has 0 radical (unpaired) electrons. The van der Waals surface area contributed by atoms with Gasteiger partial charge in [0, 0.05) is 30.4 Å². The van der Waals surface area contributed by atoms with E-state index in [9.17, 15) is 13.2 Å². The molecule has 29 heavy (non-hydrogen) atoms. The number of hydrogen-bond donors (Lipinski definition) is 1. The quantitative estimate of drug-likeness (QED) is 0.706. The van der Waals surface area contributed by atoms with Gasteiger partial charge >= 0.3 is 0 Å². The highest BCUT2D eigenvalue weighted by Crippen LogP contribution is 2.24. The minimum absolute atomic E-state index is 0.180. The number of nitrogens with one attached hydrogen (secondary N) is 1. The van der Waals surface area contributed by atoms with Crippen molar-refractivity contribution in [2.75, 3.05) is 18.4 Å². The van der Waals surface area contributed by atoms with Crippen molar-refractivity contribution in [1.82, 2.24) is 4.31 Å². The van der Waals surface area contributed by atoms with E-state index < -0.39 is 10.0 Å². The molecule has 0 spiro atoms. The average molecular weight is 417 g/mol. The summed E-state index contributed by atoms with van der Waals surface area (Å²) in [6, 6.07) is 7.13. The topological polar surface area (TPSA) is 70.4 Å². The predicted octanol–water partition coefficient (Wildman–Crippen LogP) is 2.83. The number of rotatable bonds is 7. The molecule has 0 unspecified atom stereocenters. The zero-order valence-electron chi connectivity index (χ0n) is 17.4. The summed E-state index contributed by atoms with van der Waals surface area (Å²) < 4.78 is 29.1. The Bertz CT molecular complexity index is 998. The van der Waals surface area contributed by atoms with Crippen LogP contribution in [0.5, 0.6) is 0 Å². The number of aromatic nitrogens is 1. The summed E-state index contributed by atoms with van der Waals surface area (Å²) in [6.45, 7) is 6.41. The van der Waals surface area contributed by atoms with Crippen molar-refractivity contribution >= 4 is 21.6 Å². The van der Waals surface area contributed by atoms with Crippen LogP contribution in [0.25, 0.3) is 0 Å². The van der Waals surface area contributed by atoms with E-state index in [0.29, 0.717) is 24.3 Å². The lowest BCUT2D eigenvalue weighted by atomic mass is 9.93. The third-order valence-corrected chi connectivity index (χ3v) is 7.66. The number of anilines is 1. The van der Waals surface area contributed by atoms with Gasteiger partial charge in [0.25, 0.3) is 5.91 Å². The molecule has 1 aromatic heterocycles. The van der Waals surface area contributed by atoms with Gasteiger partial charge in [0.1, 0.15) is 0 Å². The van der Waals surface area contributed by atoms with Gasteiger partial charge in [-0.05, 0) is 55.9 Å². The molecule has 1 heterocycles. The van der Waals surface area contributed by atoms with Gasteiger partial charge in [-0.15, -0.1) is 0 Å². The lowest BCUT2D eigenvalue weighted by molar-refractivity contribution is -0.684. The first-order valence-corrected chi connectivity index (χ1v) is 11.7. The normalized spacial score (nSPS) is 13.9. The minimum Gasteiger partial charge on any atom is -0.321 e. The van der Waals surface area contributed by atoms with Gasteiger partial charge in [-0.25, -0.2) is 8.42 Å². The second kappa shape index (κ2) is 9.05. The Morgan fingerprint density at radius 2 is 1.79 bits per heavy atom. The van der Waals surface area contributed by atoms with Crippen molar-refractivity contribution in [1.29, 1.82) is 0 Å². The lowest BCUT2D eigenvalue weighted by Crippen LogP contribution is -2.40. The molecule has 3 rings (SSSR count). The summed E-state index contributed by atoms with van der Waals surface area (Å²) in [5, 5.41) is 2.84. The molecule has 1 aliphatic carbocycles. The monoisotopic (exact) mass is 416 g/mol. The van der Waals surface area contributed by atoms with Crippen molar-refractivity contribution in [3.63, 3.8) is 0 Å². The van der Waals surface area contributed by atoms with Crippen LogP contribution >= 0.6 is 0 Å². The van der Waals surface area contributed by atoms with Crippen LogP contribution in [0.1, 0.15) is 43.4 Å². The number of aryl methyl sites for hydroxylation is 3. The van der Waals surface area contributed by atoms with E-state index in [2.05, 4.69) is 17.6 Å². The molecular formula is C22H30N3O3S+. The van der Waals surface area contributed by atoms with Crippen LogP contribution in [0, 0.1) is 6.92 Å². The van der Waals surface area contributed by atoms with Crippen molar-refractivity contribution in [3.8, 4) is 0 Å². The zero-order chi connectivity index (χ0) is 21.0. The van der Waals surface area contributed by atoms with Crippen LogP contribution in [-0.2, 0) is 34.2 Å². The van der Waals surface area contributed by atoms with Gasteiger partial charge < -0.3 is 5.32 Å². The van der Waals surface area contributed by atoms with Crippen LogP contribution < -0.4 is 9.88 Å². The molecule has 0 fully saturated rings. The average Bonchev–Trinajstić information content (AvgIpc) is 2.70. The molecule has 2 aromatic rings. The number of hydrogen-bond acceptors (Lipinski definition) is 3. The third-order valence-electron chi connectivity index (χ3n) is 5.46. The van der Waals surface area contributed by atoms with Crippen LogP contribution in [0.15, 0.2) is 41.6 Å². The molecule has 0 aliphatic heterocycles. The van der Waals surface area contributed by atoms with Crippen LogP contribution in [0.2, 0.25) is 0 Å². The standard InChI is InChI=1S/C22H29N3O3S/c1-4-25(5-2)29(27,28)21-14-20(11-10-17(21)3)23-22(26)16-24-13-12-18-8-6-7-9-19(18)15-24/h10-15H,4-9,16H2,1-3H3/p+1. The Kier molecular flexibility index (Phi) is 6.70. The number of amides is 1. The SMILES string of the molecule is CCN(CC)S(=O)(=O)c1cc(NC(=O)C[n+]2ccc3c(c2)CCCC3)ccc1C. The van der Waals surface area contributed by atoms with E-state index >= 15 is 0 Å². The summed E-state index contributed by atoms with van der Waals surface area (Å²) in [7, 11) is -3.58. The minimum atomic E-state index is -3.58. The summed E-state index contributed by atoms with van der Waals surface area (Å²) in [5.74, 6) is -0.180. The summed E-state index contributed by atoms with van der Waals surface area (Å²) in [6.07, 6.45) is 8.58. The van der Waals surface area contributed by atoms with E-state index in [4.69, 9.17) is 0 Å². The highest BCUT2D eigenvalue weighted by molar-refractivity contribution is 7.89. The van der Waals surface area contributed by atoms with Crippen LogP contribution in [0.3, 0.4) is 0 Å². The Labute approximate surface area is 173 Å². The van der Waals surface area contributed by atoms with Gasteiger partial charge in [0.05, 0.1) is 4.90 Å². The summed E-state index contributed by atoms with van der Waals surface area (Å²) in [5.41, 5.74) is 3.84. The smallest absolute Gasteiger partial charge is 0.290 e. The van der Waals surface area contributed by atoms with E-state index in [1.807, 2.05) is 24.6 Å². The number of carbonyl (C=O) groups is 1. The Morgan fingerprint density at radius 1 is 1.10 bits per heavy atom. The van der Waals surface area contributed by atoms with E-state index in [1.165, 1.54) is 28.3 Å². The van der Waals surface area contributed by atoms with Crippen molar-refractivity contribution in [2.24, 2.45) is 0 Å². The number of sulfonamides is 1. The van der Waals surface area contributed by atoms with Crippen LogP contribution in [0.4, 0.5) is 5.69 Å². The highest BCUT2D eigenvalue weighted by atomic mass is 32.2. The number of carbonyl (C=O) groups excluding carboxylic acids is 1. The van der Waals surface area contributed by atoms with Crippen molar-refractivity contribution in [2.45, 2.75) is 57.9 Å². The summed E-state index contributed by atoms with van der Waals surface area (Å²) in [4.78, 5) is 12.8. The van der Waals surface area contributed by atoms with Gasteiger partial charge in [0.15, 0.2) is 12.4 Å². The fraction of sp³-hybridized carbons (Fsp3) is 0.455. The first-order chi connectivity index (χ1) is 13.8. The molecule has 1 aromatic carbocycles. The Hall–Kier alpha value is -2.25. The molecule has 156 valence electrons. The third kappa shape index (κ3) is 4.85. The lowest BCUT2D eigenvalue weighted by Gasteiger charge is -2.20. The molecule has 0 saturated carbocycles. The fourth-order valence-electron chi connectivity index (χ4n) is 3.84. The number of fused-ring (bicyclic) bond motifs is 1. The van der Waals surface area contributed by atoms with Crippen molar-refractivity contribution < 1.29 is 17.8 Å². The van der Waals surface area contributed by atoms with Gasteiger partial charge in [0.2, 0.25) is 16.6 Å². The van der Waals surface area contributed by atoms with Gasteiger partial charge in [-0.3, -0.25) is 4.79 Å². The van der Waals surface area contributed by atoms with E-state index in [0.717, 1.165) is 12.8 Å². The largest absolute Gasteiger partial charge is 0.321 e. The zero-order valence-corrected chi connectivity index (χ0v) is 18.3. The van der Waals surface area contributed by atoms with Crippen molar-refractivity contribution in [3.05, 3.63) is 53.3 Å². The molecule has 1 amide bonds. The number of nitrogens with zero attached hydrogens (tertiary/aromatic N) is 2. The molecular weight excluding hydrogens is 386 g/mol. The van der Waals surface area contributed by atoms with Gasteiger partial charge in [-0.2, -0.15) is 8.87 Å². The fourth-order valence-corrected chi connectivity index (χ4v) is 5.55. The van der Waals surface area contributed by atoms with E-state index in [-0.39, 0.29) is 17.3 Å². The molecule has 0 saturated heterocycles. The van der Waals surface area contributed by atoms with Crippen LogP contribution in [-0.4, -0.2) is 31.7 Å².